The van der Waals surface area contributed by atoms with E-state index >= 15 is 0 Å². The molecule has 2 heterocycles. The van der Waals surface area contributed by atoms with Crippen molar-refractivity contribution in [3.63, 3.8) is 0 Å². The van der Waals surface area contributed by atoms with Gasteiger partial charge in [-0.25, -0.2) is 0 Å². The average Bonchev–Trinajstić information content (AvgIpc) is 3.64. The molecule has 0 fully saturated rings. The standard InChI is InChI=1S/C42H26N2/c1-2-12-27(13-3-1)44-38-21-11-9-16-30(38)35-24-26(22-23-39(35)44)34-25-36-29-15-5-7-18-32(29)42-41(33-19-8-10-20-37(33)43-42)40(36)31-17-6-4-14-28(31)34/h1-25,43H. The average molecular weight is 559 g/mol. The van der Waals surface area contributed by atoms with Gasteiger partial charge in [0.15, 0.2) is 0 Å². The van der Waals surface area contributed by atoms with Crippen LogP contribution in [-0.4, -0.2) is 9.55 Å². The fourth-order valence-corrected chi connectivity index (χ4v) is 7.63. The Labute approximate surface area is 253 Å². The topological polar surface area (TPSA) is 20.7 Å². The van der Waals surface area contributed by atoms with Crippen LogP contribution in [0.15, 0.2) is 152 Å². The second-order valence-corrected chi connectivity index (χ2v) is 11.8. The molecule has 0 radical (unpaired) electrons. The number of hydrogen-bond donors (Lipinski definition) is 1. The van der Waals surface area contributed by atoms with Crippen molar-refractivity contribution in [2.45, 2.75) is 0 Å². The summed E-state index contributed by atoms with van der Waals surface area (Å²) in [5.41, 5.74) is 8.50. The summed E-state index contributed by atoms with van der Waals surface area (Å²) >= 11 is 0. The van der Waals surface area contributed by atoms with Crippen LogP contribution in [0.1, 0.15) is 0 Å². The highest BCUT2D eigenvalue weighted by molar-refractivity contribution is 6.37. The van der Waals surface area contributed by atoms with Crippen LogP contribution >= 0.6 is 0 Å². The summed E-state index contributed by atoms with van der Waals surface area (Å²) in [7, 11) is 0. The second-order valence-electron chi connectivity index (χ2n) is 11.8. The molecular weight excluding hydrogens is 532 g/mol. The molecule has 10 rings (SSSR count). The van der Waals surface area contributed by atoms with Crippen LogP contribution in [0.4, 0.5) is 0 Å². The third-order valence-corrected chi connectivity index (χ3v) is 9.49. The number of aromatic nitrogens is 2. The number of nitrogens with one attached hydrogen (secondary N) is 1. The zero-order valence-electron chi connectivity index (χ0n) is 23.9. The lowest BCUT2D eigenvalue weighted by atomic mass is 9.88. The summed E-state index contributed by atoms with van der Waals surface area (Å²) in [6.07, 6.45) is 0. The Kier molecular flexibility index (Phi) is 4.75. The first-order valence-electron chi connectivity index (χ1n) is 15.2. The lowest BCUT2D eigenvalue weighted by molar-refractivity contribution is 1.18. The fraction of sp³-hybridized carbons (Fsp3) is 0. The van der Waals surface area contributed by atoms with Crippen molar-refractivity contribution in [2.75, 3.05) is 0 Å². The summed E-state index contributed by atoms with van der Waals surface area (Å²) in [6, 6.07) is 55.4. The molecule has 2 heteroatoms. The number of fused-ring (bicyclic) bond motifs is 13. The van der Waals surface area contributed by atoms with Gasteiger partial charge in [-0.15, -0.1) is 0 Å². The number of aromatic amines is 1. The quantitative estimate of drug-likeness (QED) is 0.204. The minimum Gasteiger partial charge on any atom is -0.354 e. The van der Waals surface area contributed by atoms with Gasteiger partial charge >= 0.3 is 0 Å². The lowest BCUT2D eigenvalue weighted by Crippen LogP contribution is -1.93. The molecule has 0 spiro atoms. The van der Waals surface area contributed by atoms with E-state index < -0.39 is 0 Å². The molecule has 0 atom stereocenters. The summed E-state index contributed by atoms with van der Waals surface area (Å²) < 4.78 is 2.38. The molecule has 0 amide bonds. The van der Waals surface area contributed by atoms with Crippen LogP contribution in [0.3, 0.4) is 0 Å². The Bertz CT molecular complexity index is 2760. The van der Waals surface area contributed by atoms with E-state index in [0.717, 1.165) is 0 Å². The summed E-state index contributed by atoms with van der Waals surface area (Å²) in [6.45, 7) is 0. The van der Waals surface area contributed by atoms with Gasteiger partial charge < -0.3 is 9.55 Å². The first-order chi connectivity index (χ1) is 21.8. The maximum Gasteiger partial charge on any atom is 0.0551 e. The van der Waals surface area contributed by atoms with E-state index in [-0.39, 0.29) is 0 Å². The molecule has 0 aliphatic rings. The number of rotatable bonds is 2. The molecule has 0 bridgehead atoms. The van der Waals surface area contributed by atoms with Gasteiger partial charge in [-0.05, 0) is 75.1 Å². The van der Waals surface area contributed by atoms with E-state index in [4.69, 9.17) is 0 Å². The Morgan fingerprint density at radius 2 is 1.02 bits per heavy atom. The predicted molar refractivity (Wildman–Crippen MR) is 188 cm³/mol. The molecule has 204 valence electrons. The predicted octanol–water partition coefficient (Wildman–Crippen LogP) is 11.5. The molecule has 0 aliphatic carbocycles. The largest absolute Gasteiger partial charge is 0.354 e. The van der Waals surface area contributed by atoms with E-state index in [9.17, 15) is 0 Å². The monoisotopic (exact) mass is 558 g/mol. The minimum absolute atomic E-state index is 1.17. The second kappa shape index (κ2) is 8.82. The van der Waals surface area contributed by atoms with Gasteiger partial charge in [-0.3, -0.25) is 0 Å². The third-order valence-electron chi connectivity index (χ3n) is 9.49. The lowest BCUT2D eigenvalue weighted by Gasteiger charge is -2.15. The number of benzene rings is 8. The Hall–Kier alpha value is -5.86. The van der Waals surface area contributed by atoms with Crippen molar-refractivity contribution in [3.8, 4) is 16.8 Å². The molecule has 2 aromatic heterocycles. The third kappa shape index (κ3) is 3.14. The molecule has 8 aromatic carbocycles. The van der Waals surface area contributed by atoms with E-state index in [2.05, 4.69) is 161 Å². The smallest absolute Gasteiger partial charge is 0.0551 e. The first kappa shape index (κ1) is 23.7. The minimum atomic E-state index is 1.17. The van der Waals surface area contributed by atoms with Crippen molar-refractivity contribution in [1.29, 1.82) is 0 Å². The molecule has 0 saturated heterocycles. The van der Waals surface area contributed by atoms with Gasteiger partial charge in [0.05, 0.1) is 16.6 Å². The van der Waals surface area contributed by atoms with E-state index in [0.29, 0.717) is 0 Å². The molecule has 0 saturated carbocycles. The van der Waals surface area contributed by atoms with Crippen LogP contribution in [-0.2, 0) is 0 Å². The van der Waals surface area contributed by atoms with Crippen molar-refractivity contribution in [3.05, 3.63) is 152 Å². The van der Waals surface area contributed by atoms with Gasteiger partial charge in [-0.1, -0.05) is 109 Å². The molecule has 0 unspecified atom stereocenters. The highest BCUT2D eigenvalue weighted by atomic mass is 15.0. The molecule has 2 nitrogen and oxygen atoms in total. The van der Waals surface area contributed by atoms with Crippen LogP contribution in [0.5, 0.6) is 0 Å². The zero-order chi connectivity index (χ0) is 28.8. The molecule has 10 aromatic rings. The van der Waals surface area contributed by atoms with Gasteiger partial charge in [0.1, 0.15) is 0 Å². The van der Waals surface area contributed by atoms with Gasteiger partial charge in [0, 0.05) is 43.5 Å². The van der Waals surface area contributed by atoms with E-state index in [1.165, 1.54) is 92.7 Å². The SMILES string of the molecule is c1ccc(-n2c3ccccc3c3cc(-c4cc5c6ccccc6c6[nH]c7ccccc7c6c5c5ccccc45)ccc32)cc1. The number of H-pyrrole nitrogens is 1. The summed E-state index contributed by atoms with van der Waals surface area (Å²) in [5, 5.41) is 12.8. The van der Waals surface area contributed by atoms with Crippen molar-refractivity contribution < 1.29 is 0 Å². The highest BCUT2D eigenvalue weighted by Gasteiger charge is 2.19. The zero-order valence-corrected chi connectivity index (χ0v) is 23.9. The van der Waals surface area contributed by atoms with Crippen molar-refractivity contribution >= 4 is 75.9 Å². The molecule has 44 heavy (non-hydrogen) atoms. The van der Waals surface area contributed by atoms with Gasteiger partial charge in [-0.2, -0.15) is 0 Å². The number of hydrogen-bond acceptors (Lipinski definition) is 0. The van der Waals surface area contributed by atoms with Crippen molar-refractivity contribution in [2.24, 2.45) is 0 Å². The Morgan fingerprint density at radius 1 is 0.386 bits per heavy atom. The number of para-hydroxylation sites is 3. The first-order valence-corrected chi connectivity index (χ1v) is 15.2. The Morgan fingerprint density at radius 3 is 1.86 bits per heavy atom. The van der Waals surface area contributed by atoms with Crippen molar-refractivity contribution in [1.82, 2.24) is 9.55 Å². The maximum atomic E-state index is 3.77. The van der Waals surface area contributed by atoms with Gasteiger partial charge in [0.25, 0.3) is 0 Å². The Balaban J connectivity index is 1.35. The normalized spacial score (nSPS) is 12.1. The van der Waals surface area contributed by atoms with Crippen LogP contribution < -0.4 is 0 Å². The summed E-state index contributed by atoms with van der Waals surface area (Å²) in [5.74, 6) is 0. The maximum absolute atomic E-state index is 3.77. The van der Waals surface area contributed by atoms with Crippen LogP contribution in [0, 0.1) is 0 Å². The fourth-order valence-electron chi connectivity index (χ4n) is 7.63. The van der Waals surface area contributed by atoms with E-state index in [1.807, 2.05) is 0 Å². The summed E-state index contributed by atoms with van der Waals surface area (Å²) in [4.78, 5) is 3.77. The van der Waals surface area contributed by atoms with Crippen LogP contribution in [0.25, 0.3) is 92.7 Å². The number of nitrogens with zero attached hydrogens (tertiary/aromatic N) is 1. The van der Waals surface area contributed by atoms with E-state index in [1.54, 1.807) is 0 Å². The van der Waals surface area contributed by atoms with Crippen LogP contribution in [0.2, 0.25) is 0 Å². The molecular formula is C42H26N2. The molecule has 1 N–H and O–H groups in total. The van der Waals surface area contributed by atoms with Gasteiger partial charge in [0.2, 0.25) is 0 Å². The highest BCUT2D eigenvalue weighted by Crippen LogP contribution is 2.45. The molecule has 0 aliphatic heterocycles.